The number of aromatic nitrogens is 3. The number of nitrogens with zero attached hydrogens (tertiary/aromatic N) is 2. The zero-order valence-electron chi connectivity index (χ0n) is 68.4. The van der Waals surface area contributed by atoms with E-state index >= 15 is 0 Å². The van der Waals surface area contributed by atoms with E-state index < -0.39 is 53.0 Å². The minimum atomic E-state index is -1.06. The number of carbonyl (C=O) groups excluding carboxylic acids is 6. The third-order valence-corrected chi connectivity index (χ3v) is 17.5. The smallest absolute Gasteiger partial charge is 0.417 e. The Morgan fingerprint density at radius 3 is 1.33 bits per heavy atom. The SMILES string of the molecule is COc1ccccc1C(=O)N(C)c1ccc(C(=O)O)cn1.COc1ccccc1C(=O)NCCCO.O=C(O)CCCCCCCNC(=O)c1ccc[nH]c1=O.O=C(O)CCCc1ccc(CC(=O)OCc2ccccc2)cc1.O=C(O)CCCc1ccc(NC(=O)Oc2ccccc2)cc1.O=C(O)CCCc1ccc(NC(=O)c2ccc[nH]c2=O)cc1. The first-order valence-corrected chi connectivity index (χ1v) is 39.2. The number of nitrogens with one attached hydrogen (secondary N) is 6. The molecule has 31 nitrogen and oxygen atoms in total. The van der Waals surface area contributed by atoms with E-state index in [1.54, 1.807) is 110 Å². The molecular formula is C92H102N8O23. The second-order valence-electron chi connectivity index (χ2n) is 26.9. The summed E-state index contributed by atoms with van der Waals surface area (Å²) in [5.41, 5.74) is 6.50. The van der Waals surface area contributed by atoms with Crippen LogP contribution in [-0.2, 0) is 61.0 Å². The van der Waals surface area contributed by atoms with E-state index in [-0.39, 0.29) is 85.7 Å². The highest BCUT2D eigenvalue weighted by atomic mass is 16.6. The summed E-state index contributed by atoms with van der Waals surface area (Å²) in [7, 11) is 4.59. The Morgan fingerprint density at radius 2 is 0.837 bits per heavy atom. The molecule has 5 amide bonds. The molecule has 0 atom stereocenters. The van der Waals surface area contributed by atoms with Crippen molar-refractivity contribution >= 4 is 82.7 Å². The van der Waals surface area contributed by atoms with E-state index in [0.717, 1.165) is 59.9 Å². The van der Waals surface area contributed by atoms with Crippen LogP contribution in [0.25, 0.3) is 0 Å². The number of aliphatic carboxylic acids is 4. The third kappa shape index (κ3) is 40.0. The number of hydrogen-bond donors (Lipinski definition) is 12. The maximum absolute atomic E-state index is 12.4. The van der Waals surface area contributed by atoms with Crippen LogP contribution in [0.4, 0.5) is 22.0 Å². The lowest BCUT2D eigenvalue weighted by Crippen LogP contribution is -2.29. The lowest BCUT2D eigenvalue weighted by molar-refractivity contribution is -0.144. The van der Waals surface area contributed by atoms with Crippen molar-refractivity contribution in [2.75, 3.05) is 56.5 Å². The molecule has 123 heavy (non-hydrogen) atoms. The van der Waals surface area contributed by atoms with Gasteiger partial charge in [-0.1, -0.05) is 141 Å². The van der Waals surface area contributed by atoms with Crippen LogP contribution in [-0.4, -0.2) is 152 Å². The van der Waals surface area contributed by atoms with Crippen molar-refractivity contribution in [3.63, 3.8) is 0 Å². The topological polar surface area (TPSA) is 476 Å². The largest absolute Gasteiger partial charge is 0.496 e. The summed E-state index contributed by atoms with van der Waals surface area (Å²) >= 11 is 0. The number of benzene rings is 7. The lowest BCUT2D eigenvalue weighted by Gasteiger charge is -2.17. The predicted octanol–water partition coefficient (Wildman–Crippen LogP) is 13.5. The van der Waals surface area contributed by atoms with E-state index in [1.165, 1.54) is 62.0 Å². The van der Waals surface area contributed by atoms with Gasteiger partial charge < -0.3 is 75.5 Å². The molecule has 0 unspecified atom stereocenters. The zero-order valence-corrected chi connectivity index (χ0v) is 68.4. The molecule has 0 spiro atoms. The molecule has 0 saturated carbocycles. The summed E-state index contributed by atoms with van der Waals surface area (Å²) in [5.74, 6) is -3.90. The minimum Gasteiger partial charge on any atom is -0.496 e. The van der Waals surface area contributed by atoms with Crippen molar-refractivity contribution in [1.29, 1.82) is 0 Å². The molecule has 3 aromatic heterocycles. The Kier molecular flexibility index (Phi) is 45.3. The molecule has 0 bridgehead atoms. The number of hydrogen-bond acceptors (Lipinski definition) is 19. The molecule has 12 N–H and O–H groups in total. The number of pyridine rings is 3. The fraction of sp³-hybridized carbons (Fsp3) is 0.261. The number of amides is 5. The van der Waals surface area contributed by atoms with Crippen molar-refractivity contribution in [2.45, 2.75) is 116 Å². The van der Waals surface area contributed by atoms with E-state index in [4.69, 9.17) is 49.6 Å². The van der Waals surface area contributed by atoms with Crippen LogP contribution in [0.5, 0.6) is 17.2 Å². The second-order valence-corrected chi connectivity index (χ2v) is 26.9. The summed E-state index contributed by atoms with van der Waals surface area (Å²) < 4.78 is 20.6. The number of carboxylic acid groups (broad SMARTS) is 5. The van der Waals surface area contributed by atoms with Crippen LogP contribution >= 0.6 is 0 Å². The highest BCUT2D eigenvalue weighted by Gasteiger charge is 2.20. The Bertz CT molecular complexity index is 5090. The normalized spacial score (nSPS) is 10.1. The van der Waals surface area contributed by atoms with Crippen molar-refractivity contribution in [2.24, 2.45) is 0 Å². The predicted molar refractivity (Wildman–Crippen MR) is 461 cm³/mol. The van der Waals surface area contributed by atoms with E-state index in [9.17, 15) is 62.3 Å². The van der Waals surface area contributed by atoms with Gasteiger partial charge in [-0.05, 0) is 183 Å². The number of aryl methyl sites for hydroxylation is 3. The molecule has 0 aliphatic heterocycles. The summed E-state index contributed by atoms with van der Waals surface area (Å²) in [5, 5.41) is 62.4. The number of methoxy groups -OCH3 is 2. The van der Waals surface area contributed by atoms with Gasteiger partial charge in [0.05, 0.1) is 37.3 Å². The van der Waals surface area contributed by atoms with Gasteiger partial charge in [0.15, 0.2) is 0 Å². The average Bonchev–Trinajstić information content (AvgIpc) is 0.842. The number of ether oxygens (including phenoxy) is 4. The first kappa shape index (κ1) is 98.7. The van der Waals surface area contributed by atoms with Gasteiger partial charge in [0.25, 0.3) is 34.7 Å². The standard InChI is InChI=1S/C19H20O4.C17H17NO4.C16H16N2O4.C15H14N2O4.C14H20N2O4.C11H15NO3/c20-18(21)8-4-7-15-9-11-16(12-10-15)13-19(22)23-14-17-5-2-1-3-6-17;19-16(20)8-4-5-13-9-11-14(12-10-13)18-17(21)22-15-6-2-1-3-7-15;19-14(20)5-1-3-11-6-8-12(9-7-11)18-16(22)13-4-2-10-17-15(13)21;1-17(13-8-7-10(9-16-13)15(19)20)14(18)11-5-3-4-6-12(11)21-2;17-12(18)8-4-2-1-3-5-9-15-13(19)11-7-6-10-16-14(11)20;1-15-10-6-3-2-5-9(10)11(14)12-7-4-8-13/h1-3,5-6,9-12H,4,7-8,13-14H2,(H,20,21);1-3,6-7,9-12H,4-5,8H2,(H,18,21)(H,19,20);2,4,6-10H,1,3,5H2,(H,17,21)(H,18,22)(H,19,20);3-9H,1-2H3,(H,19,20);6-7,10H,1-5,8-9H2,(H,15,19)(H,16,20)(H,17,18);2-3,5-6,13H,4,7-8H2,1H3,(H,12,14). The molecule has 0 saturated heterocycles. The Labute approximate surface area is 710 Å². The molecular weight excluding hydrogens is 1590 g/mol. The van der Waals surface area contributed by atoms with Crippen LogP contribution < -0.4 is 51.5 Å². The van der Waals surface area contributed by atoms with Crippen LogP contribution in [0.2, 0.25) is 0 Å². The lowest BCUT2D eigenvalue weighted by atomic mass is 10.0. The number of esters is 1. The van der Waals surface area contributed by atoms with Crippen molar-refractivity contribution in [3.05, 3.63) is 313 Å². The molecule has 0 aliphatic rings. The number of unbranched alkanes of at least 4 members (excludes halogenated alkanes) is 4. The van der Waals surface area contributed by atoms with E-state index in [2.05, 4.69) is 36.2 Å². The molecule has 10 aromatic rings. The number of aromatic amines is 2. The van der Waals surface area contributed by atoms with Crippen LogP contribution in [0.3, 0.4) is 0 Å². The number of para-hydroxylation sites is 3. The maximum atomic E-state index is 12.4. The number of aliphatic hydroxyl groups is 1. The van der Waals surface area contributed by atoms with Crippen molar-refractivity contribution in [1.82, 2.24) is 25.6 Å². The number of carboxylic acids is 5. The van der Waals surface area contributed by atoms with Gasteiger partial charge in [-0.2, -0.15) is 0 Å². The molecule has 0 fully saturated rings. The number of rotatable bonds is 38. The number of aromatic carboxylic acids is 1. The van der Waals surface area contributed by atoms with Gasteiger partial charge in [0.1, 0.15) is 40.8 Å². The molecule has 648 valence electrons. The Hall–Kier alpha value is -14.9. The summed E-state index contributed by atoms with van der Waals surface area (Å²) in [6, 6.07) is 63.3. The summed E-state index contributed by atoms with van der Waals surface area (Å²) in [6.45, 7) is 1.35. The first-order valence-electron chi connectivity index (χ1n) is 39.2. The van der Waals surface area contributed by atoms with Gasteiger partial charge in [0, 0.05) is 82.4 Å². The Balaban J connectivity index is 0.000000263. The van der Waals surface area contributed by atoms with Gasteiger partial charge in [0.2, 0.25) is 0 Å². The number of aliphatic hydroxyl groups excluding tert-OH is 1. The second kappa shape index (κ2) is 56.5. The summed E-state index contributed by atoms with van der Waals surface area (Å²) in [6.07, 6.45) is 13.2. The van der Waals surface area contributed by atoms with Crippen LogP contribution in [0.15, 0.2) is 247 Å². The van der Waals surface area contributed by atoms with Crippen LogP contribution in [0, 0.1) is 0 Å². The van der Waals surface area contributed by atoms with Crippen molar-refractivity contribution < 1.29 is 102 Å². The highest BCUT2D eigenvalue weighted by Crippen LogP contribution is 2.23. The number of anilines is 3. The third-order valence-electron chi connectivity index (χ3n) is 17.5. The average molecular weight is 1690 g/mol. The monoisotopic (exact) mass is 1690 g/mol. The number of carbonyl (C=O) groups is 11. The first-order chi connectivity index (χ1) is 59.3. The quantitative estimate of drug-likeness (QED) is 0.0126. The molecule has 0 aliphatic carbocycles. The fourth-order valence-corrected chi connectivity index (χ4v) is 11.0. The minimum absolute atomic E-state index is 0.0491. The van der Waals surface area contributed by atoms with Crippen molar-refractivity contribution in [3.8, 4) is 17.2 Å². The Morgan fingerprint density at radius 1 is 0.415 bits per heavy atom. The highest BCUT2D eigenvalue weighted by molar-refractivity contribution is 6.07. The van der Waals surface area contributed by atoms with Gasteiger partial charge in [-0.15, -0.1) is 0 Å². The fourth-order valence-electron chi connectivity index (χ4n) is 11.0. The maximum Gasteiger partial charge on any atom is 0.417 e. The van der Waals surface area contributed by atoms with Crippen LogP contribution in [0.1, 0.15) is 163 Å². The van der Waals surface area contributed by atoms with Gasteiger partial charge >= 0.3 is 41.9 Å². The molecule has 0 radical (unpaired) electrons. The molecule has 31 heteroatoms. The summed E-state index contributed by atoms with van der Waals surface area (Å²) in [4.78, 5) is 157. The van der Waals surface area contributed by atoms with Gasteiger partial charge in [-0.3, -0.25) is 63.0 Å². The molecule has 3 heterocycles. The van der Waals surface area contributed by atoms with Gasteiger partial charge in [-0.25, -0.2) is 14.6 Å². The van der Waals surface area contributed by atoms with E-state index in [0.29, 0.717) is 104 Å². The molecule has 7 aromatic carbocycles. The van der Waals surface area contributed by atoms with E-state index in [1.807, 2.05) is 91.0 Å². The number of H-pyrrole nitrogens is 2. The zero-order chi connectivity index (χ0) is 89.5. The molecule has 10 rings (SSSR count).